The zero-order chi connectivity index (χ0) is 11.0. The van der Waals surface area contributed by atoms with Gasteiger partial charge in [0.05, 0.1) is 5.69 Å². The molecule has 1 heterocycles. The molecule has 1 aliphatic rings. The minimum Gasteiger partial charge on any atom is -0.465 e. The number of amides is 1. The Morgan fingerprint density at radius 3 is 2.93 bits per heavy atom. The van der Waals surface area contributed by atoms with Gasteiger partial charge < -0.3 is 10.8 Å². The molecule has 1 aliphatic heterocycles. The molecular weight excluding hydrogens is 192 g/mol. The van der Waals surface area contributed by atoms with Crippen molar-refractivity contribution in [2.45, 2.75) is 19.4 Å². The molecule has 0 saturated heterocycles. The molecule has 0 bridgehead atoms. The number of nitrogens with zero attached hydrogens (tertiary/aromatic N) is 1. The highest BCUT2D eigenvalue weighted by molar-refractivity contribution is 5.88. The van der Waals surface area contributed by atoms with Gasteiger partial charge in [-0.1, -0.05) is 12.1 Å². The van der Waals surface area contributed by atoms with E-state index in [-0.39, 0.29) is 6.04 Å². The molecule has 1 atom stereocenters. The van der Waals surface area contributed by atoms with Crippen molar-refractivity contribution in [3.63, 3.8) is 0 Å². The van der Waals surface area contributed by atoms with Gasteiger partial charge in [0, 0.05) is 12.6 Å². The van der Waals surface area contributed by atoms with E-state index in [1.54, 1.807) is 0 Å². The van der Waals surface area contributed by atoms with E-state index >= 15 is 0 Å². The molecule has 0 aromatic heterocycles. The molecule has 0 fully saturated rings. The zero-order valence-electron chi connectivity index (χ0n) is 8.60. The van der Waals surface area contributed by atoms with Crippen molar-refractivity contribution in [3.05, 3.63) is 29.3 Å². The Bertz CT molecular complexity index is 402. The molecule has 0 aliphatic carbocycles. The Morgan fingerprint density at radius 2 is 2.33 bits per heavy atom. The van der Waals surface area contributed by atoms with Crippen molar-refractivity contribution in [2.24, 2.45) is 5.73 Å². The number of nitrogens with two attached hydrogens (primary N) is 1. The van der Waals surface area contributed by atoms with Crippen LogP contribution in [0.5, 0.6) is 0 Å². The van der Waals surface area contributed by atoms with Gasteiger partial charge in [0.1, 0.15) is 0 Å². The standard InChI is InChI=1S/C11H14N2O2/c1-7(12)8-2-3-10-9(6-8)4-5-13(10)11(14)15/h2-3,6-7H,4-5,12H2,1H3,(H,14,15)/t7-/m0/s1. The number of anilines is 1. The van der Waals surface area contributed by atoms with Crippen LogP contribution < -0.4 is 10.6 Å². The van der Waals surface area contributed by atoms with Crippen LogP contribution >= 0.6 is 0 Å². The van der Waals surface area contributed by atoms with Crippen molar-refractivity contribution in [1.29, 1.82) is 0 Å². The molecule has 15 heavy (non-hydrogen) atoms. The lowest BCUT2D eigenvalue weighted by Gasteiger charge is -2.13. The molecule has 0 saturated carbocycles. The van der Waals surface area contributed by atoms with Gasteiger partial charge in [-0.3, -0.25) is 4.90 Å². The molecule has 80 valence electrons. The SMILES string of the molecule is C[C@H](N)c1ccc2c(c1)CCN2C(=O)O. The van der Waals surface area contributed by atoms with Crippen LogP contribution in [0.3, 0.4) is 0 Å². The van der Waals surface area contributed by atoms with Crippen molar-refractivity contribution in [3.8, 4) is 0 Å². The summed E-state index contributed by atoms with van der Waals surface area (Å²) in [7, 11) is 0. The fourth-order valence-corrected chi connectivity index (χ4v) is 1.90. The second-order valence-corrected chi connectivity index (χ2v) is 3.86. The largest absolute Gasteiger partial charge is 0.465 e. The maximum atomic E-state index is 10.9. The summed E-state index contributed by atoms with van der Waals surface area (Å²) in [6.07, 6.45) is -0.107. The summed E-state index contributed by atoms with van der Waals surface area (Å²) in [5, 5.41) is 8.94. The lowest BCUT2D eigenvalue weighted by molar-refractivity contribution is 0.202. The van der Waals surface area contributed by atoms with Crippen molar-refractivity contribution in [1.82, 2.24) is 0 Å². The smallest absolute Gasteiger partial charge is 0.411 e. The van der Waals surface area contributed by atoms with Crippen LogP contribution in [-0.4, -0.2) is 17.7 Å². The molecule has 0 radical (unpaired) electrons. The van der Waals surface area contributed by atoms with Crippen LogP contribution in [0.4, 0.5) is 10.5 Å². The van der Waals surface area contributed by atoms with Gasteiger partial charge in [-0.25, -0.2) is 4.79 Å². The third-order valence-corrected chi connectivity index (χ3v) is 2.76. The normalized spacial score (nSPS) is 16.3. The van der Waals surface area contributed by atoms with E-state index in [0.717, 1.165) is 23.2 Å². The number of fused-ring (bicyclic) bond motifs is 1. The highest BCUT2D eigenvalue weighted by atomic mass is 16.4. The van der Waals surface area contributed by atoms with Gasteiger partial charge in [0.2, 0.25) is 0 Å². The quantitative estimate of drug-likeness (QED) is 0.735. The van der Waals surface area contributed by atoms with Gasteiger partial charge >= 0.3 is 6.09 Å². The van der Waals surface area contributed by atoms with Crippen LogP contribution in [0.15, 0.2) is 18.2 Å². The predicted octanol–water partition coefficient (Wildman–Crippen LogP) is 1.75. The minimum atomic E-state index is -0.887. The van der Waals surface area contributed by atoms with E-state index in [1.807, 2.05) is 25.1 Å². The molecule has 4 heteroatoms. The summed E-state index contributed by atoms with van der Waals surface area (Å²) in [4.78, 5) is 12.3. The Balaban J connectivity index is 2.37. The first-order chi connectivity index (χ1) is 7.09. The highest BCUT2D eigenvalue weighted by Gasteiger charge is 2.24. The van der Waals surface area contributed by atoms with Crippen molar-refractivity contribution < 1.29 is 9.90 Å². The van der Waals surface area contributed by atoms with Crippen LogP contribution in [0.1, 0.15) is 24.1 Å². The fraction of sp³-hybridized carbons (Fsp3) is 0.364. The summed E-state index contributed by atoms with van der Waals surface area (Å²) in [5.41, 5.74) is 8.70. The number of carboxylic acid groups (broad SMARTS) is 1. The lowest BCUT2D eigenvalue weighted by atomic mass is 10.0. The van der Waals surface area contributed by atoms with Crippen LogP contribution in [0, 0.1) is 0 Å². The number of rotatable bonds is 1. The first-order valence-electron chi connectivity index (χ1n) is 4.98. The van der Waals surface area contributed by atoms with E-state index in [1.165, 1.54) is 4.90 Å². The monoisotopic (exact) mass is 206 g/mol. The van der Waals surface area contributed by atoms with Gasteiger partial charge in [-0.15, -0.1) is 0 Å². The summed E-state index contributed by atoms with van der Waals surface area (Å²) < 4.78 is 0. The molecular formula is C11H14N2O2. The molecule has 1 aromatic carbocycles. The molecule has 1 amide bonds. The van der Waals surface area contributed by atoms with Crippen LogP contribution in [-0.2, 0) is 6.42 Å². The van der Waals surface area contributed by atoms with Crippen LogP contribution in [0.25, 0.3) is 0 Å². The Kier molecular flexibility index (Phi) is 2.36. The summed E-state index contributed by atoms with van der Waals surface area (Å²) in [6.45, 7) is 2.47. The average Bonchev–Trinajstić information content (AvgIpc) is 2.59. The zero-order valence-corrected chi connectivity index (χ0v) is 8.60. The summed E-state index contributed by atoms with van der Waals surface area (Å²) in [5.74, 6) is 0. The molecule has 2 rings (SSSR count). The Labute approximate surface area is 88.3 Å². The van der Waals surface area contributed by atoms with E-state index in [0.29, 0.717) is 6.54 Å². The Morgan fingerprint density at radius 1 is 1.60 bits per heavy atom. The number of hydrogen-bond donors (Lipinski definition) is 2. The molecule has 1 aromatic rings. The summed E-state index contributed by atoms with van der Waals surface area (Å²) >= 11 is 0. The van der Waals surface area contributed by atoms with Crippen LogP contribution in [0.2, 0.25) is 0 Å². The third-order valence-electron chi connectivity index (χ3n) is 2.76. The van der Waals surface area contributed by atoms with E-state index in [9.17, 15) is 4.79 Å². The average molecular weight is 206 g/mol. The number of benzene rings is 1. The second-order valence-electron chi connectivity index (χ2n) is 3.86. The first kappa shape index (κ1) is 9.98. The fourth-order valence-electron chi connectivity index (χ4n) is 1.90. The minimum absolute atomic E-state index is 0.00539. The maximum absolute atomic E-state index is 10.9. The number of hydrogen-bond acceptors (Lipinski definition) is 2. The predicted molar refractivity (Wildman–Crippen MR) is 58.1 cm³/mol. The van der Waals surface area contributed by atoms with E-state index in [2.05, 4.69) is 0 Å². The highest BCUT2D eigenvalue weighted by Crippen LogP contribution is 2.29. The molecule has 0 spiro atoms. The van der Waals surface area contributed by atoms with Crippen molar-refractivity contribution in [2.75, 3.05) is 11.4 Å². The van der Waals surface area contributed by atoms with Gasteiger partial charge in [-0.05, 0) is 30.5 Å². The van der Waals surface area contributed by atoms with Gasteiger partial charge in [0.25, 0.3) is 0 Å². The van der Waals surface area contributed by atoms with Gasteiger partial charge in [-0.2, -0.15) is 0 Å². The van der Waals surface area contributed by atoms with Gasteiger partial charge in [0.15, 0.2) is 0 Å². The van der Waals surface area contributed by atoms with E-state index < -0.39 is 6.09 Å². The molecule has 0 unspecified atom stereocenters. The lowest BCUT2D eigenvalue weighted by Crippen LogP contribution is -2.26. The third kappa shape index (κ3) is 1.68. The van der Waals surface area contributed by atoms with Crippen molar-refractivity contribution >= 4 is 11.8 Å². The molecule has 3 N–H and O–H groups in total. The second kappa shape index (κ2) is 3.55. The maximum Gasteiger partial charge on any atom is 0.411 e. The molecule has 4 nitrogen and oxygen atoms in total. The topological polar surface area (TPSA) is 66.6 Å². The van der Waals surface area contributed by atoms with E-state index in [4.69, 9.17) is 10.8 Å². The Hall–Kier alpha value is -1.55. The number of carbonyl (C=O) groups is 1. The first-order valence-corrected chi connectivity index (χ1v) is 4.98. The summed E-state index contributed by atoms with van der Waals surface area (Å²) in [6, 6.07) is 5.73.